The highest BCUT2D eigenvalue weighted by molar-refractivity contribution is 4.82. The molecule has 2 unspecified atom stereocenters. The van der Waals surface area contributed by atoms with Crippen LogP contribution in [0.15, 0.2) is 0 Å². The lowest BCUT2D eigenvalue weighted by atomic mass is 9.89. The Morgan fingerprint density at radius 1 is 1.44 bits per heavy atom. The van der Waals surface area contributed by atoms with Crippen LogP contribution in [0, 0.1) is 11.3 Å². The van der Waals surface area contributed by atoms with E-state index in [2.05, 4.69) is 31.4 Å². The topological polar surface area (TPSA) is 33.3 Å². The third-order valence-electron chi connectivity index (χ3n) is 3.68. The standard InChI is InChI=1S/C13H28N2O/c1-11-12(5-7-15-11)9-14-10-13(2,3)6-8-16-4/h11-12,14-15H,5-10H2,1-4H3. The van der Waals surface area contributed by atoms with Crippen LogP contribution in [-0.4, -0.2) is 39.4 Å². The molecule has 1 aliphatic heterocycles. The summed E-state index contributed by atoms with van der Waals surface area (Å²) >= 11 is 0. The highest BCUT2D eigenvalue weighted by atomic mass is 16.5. The van der Waals surface area contributed by atoms with Crippen molar-refractivity contribution in [2.24, 2.45) is 11.3 Å². The van der Waals surface area contributed by atoms with Crippen LogP contribution in [0.4, 0.5) is 0 Å². The van der Waals surface area contributed by atoms with Crippen molar-refractivity contribution in [3.05, 3.63) is 0 Å². The molecule has 0 aromatic carbocycles. The molecule has 2 N–H and O–H groups in total. The molecule has 1 heterocycles. The third kappa shape index (κ3) is 4.81. The maximum atomic E-state index is 5.14. The van der Waals surface area contributed by atoms with Crippen molar-refractivity contribution in [1.29, 1.82) is 0 Å². The molecule has 96 valence electrons. The highest BCUT2D eigenvalue weighted by Gasteiger charge is 2.23. The van der Waals surface area contributed by atoms with Crippen LogP contribution in [0.1, 0.15) is 33.6 Å². The van der Waals surface area contributed by atoms with Gasteiger partial charge in [0.1, 0.15) is 0 Å². The minimum Gasteiger partial charge on any atom is -0.385 e. The van der Waals surface area contributed by atoms with Crippen LogP contribution in [0.5, 0.6) is 0 Å². The molecule has 1 fully saturated rings. The predicted octanol–water partition coefficient (Wildman–Crippen LogP) is 1.64. The lowest BCUT2D eigenvalue weighted by molar-refractivity contribution is 0.150. The number of hydrogen-bond donors (Lipinski definition) is 2. The van der Waals surface area contributed by atoms with Gasteiger partial charge >= 0.3 is 0 Å². The first-order valence-electron chi connectivity index (χ1n) is 6.48. The molecule has 1 saturated heterocycles. The minimum absolute atomic E-state index is 0.339. The van der Waals surface area contributed by atoms with Crippen molar-refractivity contribution in [3.8, 4) is 0 Å². The monoisotopic (exact) mass is 228 g/mol. The molecule has 1 aliphatic rings. The second-order valence-electron chi connectivity index (χ2n) is 5.83. The van der Waals surface area contributed by atoms with E-state index in [1.165, 1.54) is 13.0 Å². The molecular formula is C13H28N2O. The SMILES string of the molecule is COCCC(C)(C)CNCC1CCNC1C. The van der Waals surface area contributed by atoms with Gasteiger partial charge in [0.2, 0.25) is 0 Å². The number of methoxy groups -OCH3 is 1. The maximum Gasteiger partial charge on any atom is 0.0467 e. The summed E-state index contributed by atoms with van der Waals surface area (Å²) in [6, 6.07) is 0.676. The van der Waals surface area contributed by atoms with E-state index in [4.69, 9.17) is 4.74 Å². The largest absolute Gasteiger partial charge is 0.385 e. The molecule has 16 heavy (non-hydrogen) atoms. The van der Waals surface area contributed by atoms with Crippen LogP contribution in [0.3, 0.4) is 0 Å². The molecular weight excluding hydrogens is 200 g/mol. The van der Waals surface area contributed by atoms with Crippen LogP contribution in [-0.2, 0) is 4.74 Å². The van der Waals surface area contributed by atoms with E-state index >= 15 is 0 Å². The Balaban J connectivity index is 2.13. The van der Waals surface area contributed by atoms with Gasteiger partial charge in [0, 0.05) is 26.3 Å². The van der Waals surface area contributed by atoms with Gasteiger partial charge in [-0.2, -0.15) is 0 Å². The van der Waals surface area contributed by atoms with Gasteiger partial charge < -0.3 is 15.4 Å². The first kappa shape index (κ1) is 13.9. The molecule has 3 heteroatoms. The molecule has 3 nitrogen and oxygen atoms in total. The summed E-state index contributed by atoms with van der Waals surface area (Å²) in [5.74, 6) is 0.804. The fourth-order valence-corrected chi connectivity index (χ4v) is 2.25. The Bertz CT molecular complexity index is 194. The number of ether oxygens (including phenoxy) is 1. The first-order chi connectivity index (χ1) is 7.55. The summed E-state index contributed by atoms with van der Waals surface area (Å²) in [7, 11) is 1.77. The van der Waals surface area contributed by atoms with E-state index < -0.39 is 0 Å². The van der Waals surface area contributed by atoms with Gasteiger partial charge in [-0.3, -0.25) is 0 Å². The summed E-state index contributed by atoms with van der Waals surface area (Å²) in [5.41, 5.74) is 0.339. The molecule has 0 radical (unpaired) electrons. The lowest BCUT2D eigenvalue weighted by Crippen LogP contribution is -2.36. The van der Waals surface area contributed by atoms with Gasteiger partial charge in [0.15, 0.2) is 0 Å². The Morgan fingerprint density at radius 3 is 2.75 bits per heavy atom. The lowest BCUT2D eigenvalue weighted by Gasteiger charge is -2.26. The van der Waals surface area contributed by atoms with Gasteiger partial charge in [0.05, 0.1) is 0 Å². The van der Waals surface area contributed by atoms with Crippen molar-refractivity contribution in [3.63, 3.8) is 0 Å². The highest BCUT2D eigenvalue weighted by Crippen LogP contribution is 2.19. The van der Waals surface area contributed by atoms with Crippen LogP contribution in [0.25, 0.3) is 0 Å². The fourth-order valence-electron chi connectivity index (χ4n) is 2.25. The van der Waals surface area contributed by atoms with Gasteiger partial charge in [-0.25, -0.2) is 0 Å². The van der Waals surface area contributed by atoms with E-state index in [0.717, 1.165) is 32.0 Å². The molecule has 0 amide bonds. The van der Waals surface area contributed by atoms with Gasteiger partial charge in [0.25, 0.3) is 0 Å². The average Bonchev–Trinajstić information content (AvgIpc) is 2.62. The summed E-state index contributed by atoms with van der Waals surface area (Å²) in [6.45, 7) is 11.2. The van der Waals surface area contributed by atoms with Crippen molar-refractivity contribution >= 4 is 0 Å². The minimum atomic E-state index is 0.339. The predicted molar refractivity (Wildman–Crippen MR) is 68.7 cm³/mol. The van der Waals surface area contributed by atoms with Crippen LogP contribution >= 0.6 is 0 Å². The Kier molecular flexibility index (Phi) is 5.73. The second-order valence-corrected chi connectivity index (χ2v) is 5.83. The van der Waals surface area contributed by atoms with E-state index in [1.54, 1.807) is 7.11 Å². The Morgan fingerprint density at radius 2 is 2.19 bits per heavy atom. The smallest absolute Gasteiger partial charge is 0.0467 e. The molecule has 0 bridgehead atoms. The first-order valence-corrected chi connectivity index (χ1v) is 6.48. The van der Waals surface area contributed by atoms with Crippen molar-refractivity contribution in [2.75, 3.05) is 33.4 Å². The molecule has 0 aromatic heterocycles. The zero-order valence-electron chi connectivity index (χ0n) is 11.3. The van der Waals surface area contributed by atoms with Crippen LogP contribution in [0.2, 0.25) is 0 Å². The van der Waals surface area contributed by atoms with E-state index in [1.807, 2.05) is 0 Å². The van der Waals surface area contributed by atoms with Crippen molar-refractivity contribution in [1.82, 2.24) is 10.6 Å². The van der Waals surface area contributed by atoms with Crippen molar-refractivity contribution < 1.29 is 4.74 Å². The zero-order chi connectivity index (χ0) is 12.0. The summed E-state index contributed by atoms with van der Waals surface area (Å²) in [6.07, 6.45) is 2.43. The molecule has 1 rings (SSSR count). The summed E-state index contributed by atoms with van der Waals surface area (Å²) in [5, 5.41) is 7.10. The second kappa shape index (κ2) is 6.58. The van der Waals surface area contributed by atoms with Gasteiger partial charge in [-0.05, 0) is 44.2 Å². The van der Waals surface area contributed by atoms with E-state index in [-0.39, 0.29) is 0 Å². The molecule has 2 atom stereocenters. The molecule has 0 aromatic rings. The summed E-state index contributed by atoms with van der Waals surface area (Å²) in [4.78, 5) is 0. The van der Waals surface area contributed by atoms with Gasteiger partial charge in [-0.15, -0.1) is 0 Å². The van der Waals surface area contributed by atoms with Crippen LogP contribution < -0.4 is 10.6 Å². The molecule has 0 saturated carbocycles. The van der Waals surface area contributed by atoms with Crippen molar-refractivity contribution in [2.45, 2.75) is 39.7 Å². The average molecular weight is 228 g/mol. The van der Waals surface area contributed by atoms with Gasteiger partial charge in [-0.1, -0.05) is 13.8 Å². The Hall–Kier alpha value is -0.120. The van der Waals surface area contributed by atoms with E-state index in [9.17, 15) is 0 Å². The summed E-state index contributed by atoms with van der Waals surface area (Å²) < 4.78 is 5.14. The number of nitrogens with one attached hydrogen (secondary N) is 2. The number of hydrogen-bond acceptors (Lipinski definition) is 3. The molecule has 0 aliphatic carbocycles. The molecule has 0 spiro atoms. The fraction of sp³-hybridized carbons (Fsp3) is 1.00. The third-order valence-corrected chi connectivity index (χ3v) is 3.68. The Labute approximate surface area is 100 Å². The quantitative estimate of drug-likeness (QED) is 0.695. The number of rotatable bonds is 7. The normalized spacial score (nSPS) is 26.2. The maximum absolute atomic E-state index is 5.14. The van der Waals surface area contributed by atoms with E-state index in [0.29, 0.717) is 11.5 Å². The zero-order valence-corrected chi connectivity index (χ0v) is 11.3.